The SMILES string of the molecule is O=C(CSc1nncn1-c1ccccc1)Nc1cccc(N2CCCC2=O)c1. The lowest BCUT2D eigenvalue weighted by Gasteiger charge is -2.16. The first-order chi connectivity index (χ1) is 13.7. The van der Waals surface area contributed by atoms with Crippen LogP contribution in [0.25, 0.3) is 5.69 Å². The van der Waals surface area contributed by atoms with Gasteiger partial charge in [-0.15, -0.1) is 10.2 Å². The first-order valence-corrected chi connectivity index (χ1v) is 9.98. The Morgan fingerprint density at radius 3 is 2.71 bits per heavy atom. The summed E-state index contributed by atoms with van der Waals surface area (Å²) in [5.74, 6) is 0.190. The molecule has 1 aliphatic heterocycles. The highest BCUT2D eigenvalue weighted by atomic mass is 32.2. The maximum absolute atomic E-state index is 12.4. The van der Waals surface area contributed by atoms with Crippen molar-refractivity contribution in [3.05, 3.63) is 60.9 Å². The molecule has 28 heavy (non-hydrogen) atoms. The molecule has 142 valence electrons. The number of rotatable bonds is 6. The monoisotopic (exact) mass is 393 g/mol. The lowest BCUT2D eigenvalue weighted by atomic mass is 10.2. The maximum Gasteiger partial charge on any atom is 0.234 e. The van der Waals surface area contributed by atoms with Crippen molar-refractivity contribution in [1.29, 1.82) is 0 Å². The van der Waals surface area contributed by atoms with Crippen molar-refractivity contribution in [3.8, 4) is 5.69 Å². The van der Waals surface area contributed by atoms with E-state index in [1.165, 1.54) is 11.8 Å². The number of aromatic nitrogens is 3. The molecular formula is C20H19N5O2S. The third kappa shape index (κ3) is 4.07. The van der Waals surface area contributed by atoms with Crippen molar-refractivity contribution in [2.75, 3.05) is 22.5 Å². The predicted molar refractivity (Wildman–Crippen MR) is 109 cm³/mol. The van der Waals surface area contributed by atoms with Gasteiger partial charge in [0.25, 0.3) is 0 Å². The Hall–Kier alpha value is -3.13. The second-order valence-electron chi connectivity index (χ2n) is 6.36. The van der Waals surface area contributed by atoms with Crippen LogP contribution in [-0.4, -0.2) is 38.9 Å². The van der Waals surface area contributed by atoms with Crippen LogP contribution in [0.3, 0.4) is 0 Å². The average molecular weight is 393 g/mol. The van der Waals surface area contributed by atoms with Crippen LogP contribution in [0.15, 0.2) is 66.1 Å². The van der Waals surface area contributed by atoms with Gasteiger partial charge >= 0.3 is 0 Å². The molecule has 0 atom stereocenters. The summed E-state index contributed by atoms with van der Waals surface area (Å²) in [5, 5.41) is 11.6. The van der Waals surface area contributed by atoms with E-state index in [9.17, 15) is 9.59 Å². The van der Waals surface area contributed by atoms with Gasteiger partial charge in [-0.2, -0.15) is 0 Å². The third-order valence-electron chi connectivity index (χ3n) is 4.40. The highest BCUT2D eigenvalue weighted by Gasteiger charge is 2.21. The number of benzene rings is 2. The molecule has 0 aliphatic carbocycles. The first-order valence-electron chi connectivity index (χ1n) is 8.99. The second-order valence-corrected chi connectivity index (χ2v) is 7.30. The molecule has 4 rings (SSSR count). The standard InChI is InChI=1S/C20H19N5O2S/c26-18(13-28-20-23-21-14-25(20)16-7-2-1-3-8-16)22-15-6-4-9-17(12-15)24-11-5-10-19(24)27/h1-4,6-9,12,14H,5,10-11,13H2,(H,22,26). The summed E-state index contributed by atoms with van der Waals surface area (Å²) in [6.45, 7) is 0.723. The molecule has 0 spiro atoms. The Balaban J connectivity index is 1.38. The molecule has 1 N–H and O–H groups in total. The summed E-state index contributed by atoms with van der Waals surface area (Å²) < 4.78 is 1.84. The van der Waals surface area contributed by atoms with Crippen molar-refractivity contribution in [2.45, 2.75) is 18.0 Å². The van der Waals surface area contributed by atoms with Crippen LogP contribution < -0.4 is 10.2 Å². The van der Waals surface area contributed by atoms with Gasteiger partial charge in [-0.25, -0.2) is 0 Å². The van der Waals surface area contributed by atoms with E-state index in [1.54, 1.807) is 11.2 Å². The molecule has 1 aromatic heterocycles. The fourth-order valence-corrected chi connectivity index (χ4v) is 3.82. The molecular weight excluding hydrogens is 374 g/mol. The van der Waals surface area contributed by atoms with Gasteiger partial charge in [-0.05, 0) is 36.8 Å². The van der Waals surface area contributed by atoms with Gasteiger partial charge in [-0.1, -0.05) is 36.0 Å². The Bertz CT molecular complexity index is 989. The number of anilines is 2. The minimum absolute atomic E-state index is 0.124. The van der Waals surface area contributed by atoms with Crippen LogP contribution in [0, 0.1) is 0 Å². The summed E-state index contributed by atoms with van der Waals surface area (Å²) in [6.07, 6.45) is 3.08. The van der Waals surface area contributed by atoms with E-state index in [2.05, 4.69) is 15.5 Å². The van der Waals surface area contributed by atoms with E-state index in [4.69, 9.17) is 0 Å². The van der Waals surface area contributed by atoms with Gasteiger partial charge in [0.15, 0.2) is 5.16 Å². The zero-order valence-electron chi connectivity index (χ0n) is 15.1. The minimum atomic E-state index is -0.141. The quantitative estimate of drug-likeness (QED) is 0.651. The van der Waals surface area contributed by atoms with Crippen molar-refractivity contribution >= 4 is 35.0 Å². The van der Waals surface area contributed by atoms with Crippen LogP contribution in [0.4, 0.5) is 11.4 Å². The fourth-order valence-electron chi connectivity index (χ4n) is 3.09. The van der Waals surface area contributed by atoms with Gasteiger partial charge < -0.3 is 10.2 Å². The zero-order valence-corrected chi connectivity index (χ0v) is 15.9. The molecule has 7 nitrogen and oxygen atoms in total. The molecule has 2 amide bonds. The summed E-state index contributed by atoms with van der Waals surface area (Å²) >= 11 is 1.32. The normalized spacial score (nSPS) is 13.7. The fraction of sp³-hybridized carbons (Fsp3) is 0.200. The molecule has 0 bridgehead atoms. The van der Waals surface area contributed by atoms with Gasteiger partial charge in [0.1, 0.15) is 6.33 Å². The Labute approximate surface area is 166 Å². The van der Waals surface area contributed by atoms with E-state index in [0.717, 1.165) is 24.3 Å². The maximum atomic E-state index is 12.4. The van der Waals surface area contributed by atoms with Crippen LogP contribution >= 0.6 is 11.8 Å². The van der Waals surface area contributed by atoms with Crippen molar-refractivity contribution in [2.24, 2.45) is 0 Å². The molecule has 0 unspecified atom stereocenters. The lowest BCUT2D eigenvalue weighted by molar-refractivity contribution is -0.117. The molecule has 1 saturated heterocycles. The number of para-hydroxylation sites is 1. The van der Waals surface area contributed by atoms with E-state index in [-0.39, 0.29) is 17.6 Å². The third-order valence-corrected chi connectivity index (χ3v) is 5.34. The van der Waals surface area contributed by atoms with Crippen LogP contribution in [0.5, 0.6) is 0 Å². The van der Waals surface area contributed by atoms with Gasteiger partial charge in [0, 0.05) is 30.0 Å². The number of hydrogen-bond acceptors (Lipinski definition) is 5. The summed E-state index contributed by atoms with van der Waals surface area (Å²) in [5.41, 5.74) is 2.43. The summed E-state index contributed by atoms with van der Waals surface area (Å²) in [7, 11) is 0. The second kappa shape index (κ2) is 8.26. The number of nitrogens with one attached hydrogen (secondary N) is 1. The number of carbonyl (C=O) groups excluding carboxylic acids is 2. The van der Waals surface area contributed by atoms with Crippen molar-refractivity contribution in [1.82, 2.24) is 14.8 Å². The number of carbonyl (C=O) groups is 2. The first kappa shape index (κ1) is 18.2. The molecule has 0 saturated carbocycles. The molecule has 2 heterocycles. The van der Waals surface area contributed by atoms with E-state index in [0.29, 0.717) is 17.3 Å². The number of hydrogen-bond donors (Lipinski definition) is 1. The molecule has 8 heteroatoms. The smallest absolute Gasteiger partial charge is 0.234 e. The zero-order chi connectivity index (χ0) is 19.3. The average Bonchev–Trinajstić information content (AvgIpc) is 3.36. The molecule has 1 aliphatic rings. The van der Waals surface area contributed by atoms with Crippen LogP contribution in [0.2, 0.25) is 0 Å². The number of nitrogens with zero attached hydrogens (tertiary/aromatic N) is 4. The topological polar surface area (TPSA) is 80.1 Å². The lowest BCUT2D eigenvalue weighted by Crippen LogP contribution is -2.23. The molecule has 1 fully saturated rings. The van der Waals surface area contributed by atoms with Crippen molar-refractivity contribution < 1.29 is 9.59 Å². The van der Waals surface area contributed by atoms with E-state index >= 15 is 0 Å². The molecule has 3 aromatic rings. The Kier molecular flexibility index (Phi) is 5.38. The van der Waals surface area contributed by atoms with Crippen molar-refractivity contribution in [3.63, 3.8) is 0 Å². The number of thioether (sulfide) groups is 1. The van der Waals surface area contributed by atoms with Gasteiger partial charge in [0.2, 0.25) is 11.8 Å². The Morgan fingerprint density at radius 2 is 1.93 bits per heavy atom. The highest BCUT2D eigenvalue weighted by Crippen LogP contribution is 2.25. The van der Waals surface area contributed by atoms with E-state index in [1.807, 2.05) is 59.2 Å². The largest absolute Gasteiger partial charge is 0.325 e. The highest BCUT2D eigenvalue weighted by molar-refractivity contribution is 7.99. The van der Waals surface area contributed by atoms with Crippen LogP contribution in [-0.2, 0) is 9.59 Å². The number of amides is 2. The molecule has 0 radical (unpaired) electrons. The van der Waals surface area contributed by atoms with Gasteiger partial charge in [-0.3, -0.25) is 14.2 Å². The Morgan fingerprint density at radius 1 is 1.11 bits per heavy atom. The summed E-state index contributed by atoms with van der Waals surface area (Å²) in [6, 6.07) is 17.1. The predicted octanol–water partition coefficient (Wildman–Crippen LogP) is 3.12. The molecule has 2 aromatic carbocycles. The summed E-state index contributed by atoms with van der Waals surface area (Å²) in [4.78, 5) is 26.1. The van der Waals surface area contributed by atoms with Crippen LogP contribution in [0.1, 0.15) is 12.8 Å². The minimum Gasteiger partial charge on any atom is -0.325 e. The van der Waals surface area contributed by atoms with E-state index < -0.39 is 0 Å². The van der Waals surface area contributed by atoms with Gasteiger partial charge in [0.05, 0.1) is 5.75 Å².